The average Bonchev–Trinajstić information content (AvgIpc) is 2.36. The number of pyridine rings is 1. The van der Waals surface area contributed by atoms with Crippen molar-refractivity contribution in [3.8, 4) is 0 Å². The van der Waals surface area contributed by atoms with Crippen molar-refractivity contribution in [1.82, 2.24) is 4.98 Å². The minimum absolute atomic E-state index is 0.0564. The molecular weight excluding hydrogens is 272 g/mol. The molecule has 3 N–H and O–H groups in total. The number of anilines is 1. The summed E-state index contributed by atoms with van der Waals surface area (Å²) in [5.41, 5.74) is 5.36. The summed E-state index contributed by atoms with van der Waals surface area (Å²) in [5, 5.41) is 14.9. The second-order valence-corrected chi connectivity index (χ2v) is 5.44. The fourth-order valence-corrected chi connectivity index (χ4v) is 2.22. The molecule has 0 unspecified atom stereocenters. The van der Waals surface area contributed by atoms with Crippen LogP contribution in [0.3, 0.4) is 0 Å². The van der Waals surface area contributed by atoms with Gasteiger partial charge in [-0.05, 0) is 19.9 Å². The summed E-state index contributed by atoms with van der Waals surface area (Å²) < 4.78 is 0. The van der Waals surface area contributed by atoms with E-state index in [1.54, 1.807) is 38.1 Å². The van der Waals surface area contributed by atoms with Gasteiger partial charge in [0.1, 0.15) is 11.9 Å². The molecule has 0 saturated heterocycles. The molecule has 7 heteroatoms. The zero-order valence-electron chi connectivity index (χ0n) is 11.8. The summed E-state index contributed by atoms with van der Waals surface area (Å²) in [6.07, 6.45) is 1.27. The molecule has 0 aliphatic rings. The van der Waals surface area contributed by atoms with Crippen molar-refractivity contribution in [1.29, 1.82) is 0 Å². The van der Waals surface area contributed by atoms with E-state index >= 15 is 0 Å². The quantitative estimate of drug-likeness (QED) is 0.647. The fourth-order valence-electron chi connectivity index (χ4n) is 2.22. The van der Waals surface area contributed by atoms with Crippen molar-refractivity contribution < 1.29 is 9.72 Å². The van der Waals surface area contributed by atoms with Gasteiger partial charge in [-0.2, -0.15) is 0 Å². The third kappa shape index (κ3) is 3.25. The van der Waals surface area contributed by atoms with Gasteiger partial charge in [-0.15, -0.1) is 0 Å². The van der Waals surface area contributed by atoms with E-state index in [9.17, 15) is 14.9 Å². The van der Waals surface area contributed by atoms with Crippen LogP contribution in [0.2, 0.25) is 0 Å². The predicted octanol–water partition coefficient (Wildman–Crippen LogP) is 2.21. The first-order chi connectivity index (χ1) is 9.80. The number of primary amides is 1. The van der Waals surface area contributed by atoms with Gasteiger partial charge < -0.3 is 11.1 Å². The maximum Gasteiger partial charge on any atom is 0.311 e. The van der Waals surface area contributed by atoms with Gasteiger partial charge in [0, 0.05) is 17.3 Å². The van der Waals surface area contributed by atoms with Crippen molar-refractivity contribution >= 4 is 28.2 Å². The van der Waals surface area contributed by atoms with Gasteiger partial charge in [-0.1, -0.05) is 18.2 Å². The lowest BCUT2D eigenvalue weighted by Gasteiger charge is -2.26. The highest BCUT2D eigenvalue weighted by Gasteiger charge is 2.26. The maximum atomic E-state index is 11.2. The molecular formula is C14H16N4O3. The Hall–Kier alpha value is -2.70. The summed E-state index contributed by atoms with van der Waals surface area (Å²) in [6, 6.07) is 7.10. The SMILES string of the molecule is CC(C)(CC(N)=O)Nc1c([N+](=O)[O-])cnc2ccccc12. The average molecular weight is 288 g/mol. The topological polar surface area (TPSA) is 111 Å². The van der Waals surface area contributed by atoms with E-state index < -0.39 is 16.4 Å². The Morgan fingerprint density at radius 1 is 1.43 bits per heavy atom. The lowest BCUT2D eigenvalue weighted by atomic mass is 9.99. The van der Waals surface area contributed by atoms with E-state index in [0.29, 0.717) is 16.6 Å². The first kappa shape index (κ1) is 14.7. The summed E-state index contributed by atoms with van der Waals surface area (Å²) >= 11 is 0. The molecule has 1 amide bonds. The van der Waals surface area contributed by atoms with Crippen LogP contribution in [0.5, 0.6) is 0 Å². The number of nitrogens with zero attached hydrogens (tertiary/aromatic N) is 2. The zero-order chi connectivity index (χ0) is 15.6. The number of nitrogens with two attached hydrogens (primary N) is 1. The number of benzene rings is 1. The Morgan fingerprint density at radius 3 is 2.71 bits per heavy atom. The Balaban J connectivity index is 2.56. The van der Waals surface area contributed by atoms with Crippen LogP contribution in [0.15, 0.2) is 30.5 Å². The van der Waals surface area contributed by atoms with Crippen molar-refractivity contribution in [2.75, 3.05) is 5.32 Å². The third-order valence-corrected chi connectivity index (χ3v) is 3.03. The molecule has 0 aliphatic heterocycles. The van der Waals surface area contributed by atoms with Crippen molar-refractivity contribution in [3.63, 3.8) is 0 Å². The van der Waals surface area contributed by atoms with E-state index in [-0.39, 0.29) is 12.1 Å². The minimum Gasteiger partial charge on any atom is -0.373 e. The van der Waals surface area contributed by atoms with Gasteiger partial charge in [0.25, 0.3) is 0 Å². The lowest BCUT2D eigenvalue weighted by Crippen LogP contribution is -2.36. The van der Waals surface area contributed by atoms with E-state index in [0.717, 1.165) is 0 Å². The molecule has 0 aliphatic carbocycles. The van der Waals surface area contributed by atoms with Gasteiger partial charge in [-0.3, -0.25) is 14.9 Å². The first-order valence-corrected chi connectivity index (χ1v) is 6.39. The molecule has 2 rings (SSSR count). The molecule has 0 atom stereocenters. The number of rotatable bonds is 5. The van der Waals surface area contributed by atoms with Crippen LogP contribution in [0.4, 0.5) is 11.4 Å². The van der Waals surface area contributed by atoms with Crippen LogP contribution in [-0.4, -0.2) is 21.4 Å². The molecule has 110 valence electrons. The highest BCUT2D eigenvalue weighted by atomic mass is 16.6. The normalized spacial score (nSPS) is 11.3. The first-order valence-electron chi connectivity index (χ1n) is 6.39. The van der Waals surface area contributed by atoms with E-state index in [4.69, 9.17) is 5.73 Å². The van der Waals surface area contributed by atoms with Crippen LogP contribution < -0.4 is 11.1 Å². The van der Waals surface area contributed by atoms with Crippen LogP contribution in [-0.2, 0) is 4.79 Å². The molecule has 2 aromatic rings. The fraction of sp³-hybridized carbons (Fsp3) is 0.286. The Morgan fingerprint density at radius 2 is 2.10 bits per heavy atom. The molecule has 0 radical (unpaired) electrons. The van der Waals surface area contributed by atoms with Crippen LogP contribution in [0, 0.1) is 10.1 Å². The second-order valence-electron chi connectivity index (χ2n) is 5.44. The van der Waals surface area contributed by atoms with Crippen molar-refractivity contribution in [2.24, 2.45) is 5.73 Å². The van der Waals surface area contributed by atoms with E-state index in [2.05, 4.69) is 10.3 Å². The zero-order valence-corrected chi connectivity index (χ0v) is 11.8. The molecule has 21 heavy (non-hydrogen) atoms. The Bertz CT molecular complexity index is 712. The summed E-state index contributed by atoms with van der Waals surface area (Å²) in [4.78, 5) is 25.9. The van der Waals surface area contributed by atoms with Gasteiger partial charge in [0.15, 0.2) is 0 Å². The number of amides is 1. The molecule has 1 aromatic heterocycles. The Labute approximate surface area is 121 Å². The molecule has 0 fully saturated rings. The number of hydrogen-bond donors (Lipinski definition) is 2. The van der Waals surface area contributed by atoms with Crippen molar-refractivity contribution in [2.45, 2.75) is 25.8 Å². The smallest absolute Gasteiger partial charge is 0.311 e. The molecule has 0 saturated carbocycles. The third-order valence-electron chi connectivity index (χ3n) is 3.03. The van der Waals surface area contributed by atoms with E-state index in [1.807, 2.05) is 0 Å². The van der Waals surface area contributed by atoms with Crippen LogP contribution in [0.25, 0.3) is 10.9 Å². The molecule has 1 aromatic carbocycles. The molecule has 7 nitrogen and oxygen atoms in total. The number of carbonyl (C=O) groups excluding carboxylic acids is 1. The molecule has 0 bridgehead atoms. The predicted molar refractivity (Wildman–Crippen MR) is 79.9 cm³/mol. The number of fused-ring (bicyclic) bond motifs is 1. The largest absolute Gasteiger partial charge is 0.373 e. The standard InChI is InChI=1S/C14H16N4O3/c1-14(2,7-12(15)19)17-13-9-5-3-4-6-10(9)16-8-11(13)18(20)21/h3-6,8H,7H2,1-2H3,(H2,15,19)(H,16,17). The number of nitro groups is 1. The summed E-state index contributed by atoms with van der Waals surface area (Å²) in [6.45, 7) is 3.52. The van der Waals surface area contributed by atoms with Gasteiger partial charge in [-0.25, -0.2) is 4.98 Å². The summed E-state index contributed by atoms with van der Waals surface area (Å²) in [5.74, 6) is -0.478. The second kappa shape index (κ2) is 5.35. The molecule has 0 spiro atoms. The molecule has 1 heterocycles. The highest BCUT2D eigenvalue weighted by molar-refractivity contribution is 5.96. The van der Waals surface area contributed by atoms with Crippen LogP contribution in [0.1, 0.15) is 20.3 Å². The number of aromatic nitrogens is 1. The highest BCUT2D eigenvalue weighted by Crippen LogP contribution is 2.34. The van der Waals surface area contributed by atoms with E-state index in [1.165, 1.54) is 6.20 Å². The van der Waals surface area contributed by atoms with Gasteiger partial charge in [0.2, 0.25) is 5.91 Å². The monoisotopic (exact) mass is 288 g/mol. The summed E-state index contributed by atoms with van der Waals surface area (Å²) in [7, 11) is 0. The lowest BCUT2D eigenvalue weighted by molar-refractivity contribution is -0.384. The number of para-hydroxylation sites is 1. The van der Waals surface area contributed by atoms with Crippen molar-refractivity contribution in [3.05, 3.63) is 40.6 Å². The number of nitrogens with one attached hydrogen (secondary N) is 1. The maximum absolute atomic E-state index is 11.2. The number of carbonyl (C=O) groups is 1. The van der Waals surface area contributed by atoms with Gasteiger partial charge >= 0.3 is 5.69 Å². The number of hydrogen-bond acceptors (Lipinski definition) is 5. The van der Waals surface area contributed by atoms with Gasteiger partial charge in [0.05, 0.1) is 10.4 Å². The Kier molecular flexibility index (Phi) is 3.75. The minimum atomic E-state index is -0.708. The van der Waals surface area contributed by atoms with Crippen LogP contribution >= 0.6 is 0 Å².